The summed E-state index contributed by atoms with van der Waals surface area (Å²) in [5.41, 5.74) is 1.32. The third-order valence-electron chi connectivity index (χ3n) is 2.58. The van der Waals surface area contributed by atoms with Crippen LogP contribution in [0.25, 0.3) is 10.8 Å². The molecule has 82 valence electrons. The Bertz CT molecular complexity index is 547. The first kappa shape index (κ1) is 10.6. The minimum atomic E-state index is -0.908. The maximum atomic E-state index is 10.8. The summed E-state index contributed by atoms with van der Waals surface area (Å²) < 4.78 is 0. The van der Waals surface area contributed by atoms with Crippen molar-refractivity contribution in [3.05, 3.63) is 41.7 Å². The lowest BCUT2D eigenvalue weighted by Gasteiger charge is -2.06. The van der Waals surface area contributed by atoms with E-state index in [2.05, 4.69) is 18.8 Å². The van der Waals surface area contributed by atoms with Crippen molar-refractivity contribution >= 4 is 16.7 Å². The number of pyridine rings is 1. The predicted molar refractivity (Wildman–Crippen MR) is 62.8 cm³/mol. The van der Waals surface area contributed by atoms with Gasteiger partial charge in [-0.05, 0) is 29.5 Å². The van der Waals surface area contributed by atoms with Gasteiger partial charge in [-0.3, -0.25) is 4.98 Å². The summed E-state index contributed by atoms with van der Waals surface area (Å²) in [6.45, 7) is 4.17. The molecule has 3 nitrogen and oxygen atoms in total. The average Bonchev–Trinajstić information content (AvgIpc) is 2.27. The highest BCUT2D eigenvalue weighted by molar-refractivity contribution is 5.94. The second kappa shape index (κ2) is 3.93. The topological polar surface area (TPSA) is 50.2 Å². The van der Waals surface area contributed by atoms with Crippen LogP contribution in [0.1, 0.15) is 35.8 Å². The lowest BCUT2D eigenvalue weighted by atomic mass is 10.0. The number of nitrogens with zero attached hydrogens (tertiary/aromatic N) is 1. The zero-order chi connectivity index (χ0) is 11.7. The van der Waals surface area contributed by atoms with Gasteiger partial charge >= 0.3 is 5.97 Å². The molecular formula is C13H13NO2. The van der Waals surface area contributed by atoms with Crippen LogP contribution < -0.4 is 0 Å². The van der Waals surface area contributed by atoms with Crippen LogP contribution >= 0.6 is 0 Å². The van der Waals surface area contributed by atoms with Gasteiger partial charge in [-0.25, -0.2) is 4.79 Å². The van der Waals surface area contributed by atoms with Crippen LogP contribution in [-0.4, -0.2) is 16.1 Å². The van der Waals surface area contributed by atoms with Crippen LogP contribution in [0.15, 0.2) is 30.5 Å². The maximum absolute atomic E-state index is 10.8. The zero-order valence-electron chi connectivity index (χ0n) is 9.27. The van der Waals surface area contributed by atoms with Gasteiger partial charge in [0.2, 0.25) is 0 Å². The Kier molecular flexibility index (Phi) is 2.60. The number of fused-ring (bicyclic) bond motifs is 1. The highest BCUT2D eigenvalue weighted by Crippen LogP contribution is 2.20. The molecule has 0 spiro atoms. The highest BCUT2D eigenvalue weighted by atomic mass is 16.4. The van der Waals surface area contributed by atoms with Crippen LogP contribution in [0.3, 0.4) is 0 Å². The molecule has 0 atom stereocenters. The number of benzene rings is 1. The molecule has 2 aromatic rings. The number of hydrogen-bond donors (Lipinski definition) is 1. The highest BCUT2D eigenvalue weighted by Gasteiger charge is 2.06. The van der Waals surface area contributed by atoms with Gasteiger partial charge in [-0.1, -0.05) is 19.9 Å². The molecule has 3 heteroatoms. The van der Waals surface area contributed by atoms with Crippen molar-refractivity contribution in [3.63, 3.8) is 0 Å². The number of aromatic nitrogens is 1. The van der Waals surface area contributed by atoms with E-state index in [9.17, 15) is 4.79 Å². The van der Waals surface area contributed by atoms with E-state index in [1.807, 2.05) is 12.1 Å². The second-order valence-electron chi connectivity index (χ2n) is 4.13. The van der Waals surface area contributed by atoms with Crippen LogP contribution in [0.5, 0.6) is 0 Å². The number of carboxylic acids is 1. The molecule has 2 rings (SSSR count). The summed E-state index contributed by atoms with van der Waals surface area (Å²) in [4.78, 5) is 15.1. The Balaban J connectivity index is 2.57. The fourth-order valence-corrected chi connectivity index (χ4v) is 1.61. The van der Waals surface area contributed by atoms with Gasteiger partial charge in [0.15, 0.2) is 0 Å². The fraction of sp³-hybridized carbons (Fsp3) is 0.231. The molecule has 0 aliphatic rings. The molecule has 0 saturated heterocycles. The summed E-state index contributed by atoms with van der Waals surface area (Å²) in [7, 11) is 0. The Morgan fingerprint density at radius 3 is 2.62 bits per heavy atom. The Morgan fingerprint density at radius 1 is 1.25 bits per heavy atom. The Labute approximate surface area is 93.7 Å². The van der Waals surface area contributed by atoms with Crippen molar-refractivity contribution in [3.8, 4) is 0 Å². The van der Waals surface area contributed by atoms with Crippen LogP contribution in [-0.2, 0) is 0 Å². The Morgan fingerprint density at radius 2 is 2.00 bits per heavy atom. The molecule has 1 aromatic carbocycles. The molecule has 0 fully saturated rings. The van der Waals surface area contributed by atoms with Gasteiger partial charge in [0.05, 0.1) is 5.56 Å². The van der Waals surface area contributed by atoms with Crippen molar-refractivity contribution < 1.29 is 9.90 Å². The smallest absolute Gasteiger partial charge is 0.335 e. The molecule has 0 amide bonds. The van der Waals surface area contributed by atoms with Crippen molar-refractivity contribution in [2.24, 2.45) is 0 Å². The third kappa shape index (κ3) is 1.89. The van der Waals surface area contributed by atoms with Crippen molar-refractivity contribution in [2.45, 2.75) is 19.8 Å². The summed E-state index contributed by atoms with van der Waals surface area (Å²) in [6, 6.07) is 7.10. The van der Waals surface area contributed by atoms with Gasteiger partial charge in [-0.15, -0.1) is 0 Å². The number of carbonyl (C=O) groups is 1. The van der Waals surface area contributed by atoms with Gasteiger partial charge in [0.25, 0.3) is 0 Å². The van der Waals surface area contributed by atoms with Crippen molar-refractivity contribution in [1.29, 1.82) is 0 Å². The Hall–Kier alpha value is -1.90. The predicted octanol–water partition coefficient (Wildman–Crippen LogP) is 3.06. The minimum Gasteiger partial charge on any atom is -0.478 e. The van der Waals surface area contributed by atoms with Gasteiger partial charge in [0, 0.05) is 17.3 Å². The summed E-state index contributed by atoms with van der Waals surface area (Å²) >= 11 is 0. The monoisotopic (exact) mass is 215 g/mol. The van der Waals surface area contributed by atoms with Crippen LogP contribution in [0.4, 0.5) is 0 Å². The van der Waals surface area contributed by atoms with E-state index in [0.29, 0.717) is 11.5 Å². The quantitative estimate of drug-likeness (QED) is 0.837. The molecular weight excluding hydrogens is 202 g/mol. The van der Waals surface area contributed by atoms with E-state index in [4.69, 9.17) is 5.11 Å². The summed E-state index contributed by atoms with van der Waals surface area (Å²) in [5, 5.41) is 10.8. The molecule has 0 unspecified atom stereocenters. The van der Waals surface area contributed by atoms with Gasteiger partial charge < -0.3 is 5.11 Å². The maximum Gasteiger partial charge on any atom is 0.335 e. The van der Waals surface area contributed by atoms with Crippen molar-refractivity contribution in [1.82, 2.24) is 4.98 Å². The molecule has 16 heavy (non-hydrogen) atoms. The SMILES string of the molecule is CC(C)c1cc2ccc(C(=O)O)cc2cn1. The van der Waals surface area contributed by atoms with E-state index < -0.39 is 5.97 Å². The number of aromatic carboxylic acids is 1. The van der Waals surface area contributed by atoms with E-state index in [1.54, 1.807) is 18.3 Å². The van der Waals surface area contributed by atoms with Gasteiger partial charge in [-0.2, -0.15) is 0 Å². The molecule has 0 saturated carbocycles. The number of carboxylic acid groups (broad SMARTS) is 1. The normalized spacial score (nSPS) is 10.9. The molecule has 1 N–H and O–H groups in total. The van der Waals surface area contributed by atoms with Crippen LogP contribution in [0, 0.1) is 0 Å². The van der Waals surface area contributed by atoms with Crippen molar-refractivity contribution in [2.75, 3.05) is 0 Å². The van der Waals surface area contributed by atoms with Gasteiger partial charge in [0.1, 0.15) is 0 Å². The van der Waals surface area contributed by atoms with E-state index in [1.165, 1.54) is 0 Å². The molecule has 1 aromatic heterocycles. The molecule has 0 radical (unpaired) electrons. The first-order chi connectivity index (χ1) is 7.58. The molecule has 0 aliphatic heterocycles. The molecule has 1 heterocycles. The summed E-state index contributed by atoms with van der Waals surface area (Å²) in [6.07, 6.45) is 1.73. The minimum absolute atomic E-state index is 0.298. The van der Waals surface area contributed by atoms with Crippen LogP contribution in [0.2, 0.25) is 0 Å². The first-order valence-electron chi connectivity index (χ1n) is 5.21. The van der Waals surface area contributed by atoms with E-state index in [0.717, 1.165) is 16.5 Å². The number of hydrogen-bond acceptors (Lipinski definition) is 2. The molecule has 0 bridgehead atoms. The standard InChI is InChI=1S/C13H13NO2/c1-8(2)12-6-9-3-4-10(13(15)16)5-11(9)7-14-12/h3-8H,1-2H3,(H,15,16). The summed E-state index contributed by atoms with van der Waals surface area (Å²) in [5.74, 6) is -0.529. The third-order valence-corrected chi connectivity index (χ3v) is 2.58. The van der Waals surface area contributed by atoms with E-state index >= 15 is 0 Å². The van der Waals surface area contributed by atoms with E-state index in [-0.39, 0.29) is 0 Å². The largest absolute Gasteiger partial charge is 0.478 e. The average molecular weight is 215 g/mol. The molecule has 0 aliphatic carbocycles. The first-order valence-corrected chi connectivity index (χ1v) is 5.21. The lowest BCUT2D eigenvalue weighted by molar-refractivity contribution is 0.0697. The lowest BCUT2D eigenvalue weighted by Crippen LogP contribution is -1.96. The number of rotatable bonds is 2. The second-order valence-corrected chi connectivity index (χ2v) is 4.13. The zero-order valence-corrected chi connectivity index (χ0v) is 9.27. The fourth-order valence-electron chi connectivity index (χ4n) is 1.61.